The minimum atomic E-state index is -0.0618. The fraction of sp³-hybridized carbons (Fsp3) is 0.358. The van der Waals surface area contributed by atoms with Gasteiger partial charge in [0.1, 0.15) is 0 Å². The van der Waals surface area contributed by atoms with E-state index in [1.165, 1.54) is 51.4 Å². The van der Waals surface area contributed by atoms with Gasteiger partial charge in [0.25, 0.3) is 0 Å². The summed E-state index contributed by atoms with van der Waals surface area (Å²) < 4.78 is 22.0. The predicted octanol–water partition coefficient (Wildman–Crippen LogP) is 10.8. The Morgan fingerprint density at radius 3 is 1.30 bits per heavy atom. The topological polar surface area (TPSA) is 102 Å². The van der Waals surface area contributed by atoms with Gasteiger partial charge in [-0.05, 0) is 47.4 Å². The SMILES string of the molecule is CCCCCCCCCCCCN1N=C(c2ccccc2)c2cc(OC)c(OC)cc2CC1=O.COc1cc2c(cc1OC)C(c1ccccc1)=NN(Cc1ccccc1)C(=O)C2. The molecule has 7 rings (SSSR count). The van der Waals surface area contributed by atoms with Gasteiger partial charge in [0.2, 0.25) is 11.8 Å². The standard InChI is InChI=1S/C29H40N2O3.C24H22N2O3/c1-4-5-6-7-8-9-10-11-12-16-19-31-28(32)21-24-20-26(33-2)27(34-3)22-25(24)29(30-31)23-17-14-13-15-18-23;1-28-21-13-19-14-23(27)26(16-17-9-5-3-6-10-17)25-24(18-11-7-4-8-12-18)20(19)15-22(21)29-2/h13-15,17-18,20,22H,4-12,16,19,21H2,1-3H3;3-13,15H,14,16H2,1-2H3. The summed E-state index contributed by atoms with van der Waals surface area (Å²) in [5.74, 6) is 2.44. The lowest BCUT2D eigenvalue weighted by Crippen LogP contribution is -2.28. The summed E-state index contributed by atoms with van der Waals surface area (Å²) in [5, 5.41) is 12.9. The number of fused-ring (bicyclic) bond motifs is 2. The number of ether oxygens (including phenoxy) is 4. The first-order chi connectivity index (χ1) is 30.9. The summed E-state index contributed by atoms with van der Waals surface area (Å²) in [5.41, 5.74) is 8.06. The van der Waals surface area contributed by atoms with E-state index in [2.05, 4.69) is 6.92 Å². The van der Waals surface area contributed by atoms with Gasteiger partial charge in [-0.3, -0.25) is 9.59 Å². The van der Waals surface area contributed by atoms with Crippen molar-refractivity contribution in [3.63, 3.8) is 0 Å². The average Bonchev–Trinajstić information content (AvgIpc) is 3.54. The van der Waals surface area contributed by atoms with Crippen molar-refractivity contribution in [3.05, 3.63) is 154 Å². The van der Waals surface area contributed by atoms with Crippen molar-refractivity contribution in [1.82, 2.24) is 10.0 Å². The van der Waals surface area contributed by atoms with Crippen molar-refractivity contribution >= 4 is 23.2 Å². The van der Waals surface area contributed by atoms with Crippen molar-refractivity contribution in [2.24, 2.45) is 10.2 Å². The maximum atomic E-state index is 13.1. The Balaban J connectivity index is 0.000000212. The normalized spacial score (nSPS) is 13.3. The van der Waals surface area contributed by atoms with Crippen LogP contribution in [0, 0.1) is 0 Å². The van der Waals surface area contributed by atoms with Gasteiger partial charge in [-0.15, -0.1) is 0 Å². The van der Waals surface area contributed by atoms with Gasteiger partial charge in [-0.1, -0.05) is 156 Å². The van der Waals surface area contributed by atoms with Gasteiger partial charge in [-0.2, -0.15) is 10.2 Å². The van der Waals surface area contributed by atoms with E-state index in [0.717, 1.165) is 63.2 Å². The molecule has 0 unspecified atom stereocenters. The van der Waals surface area contributed by atoms with Crippen LogP contribution >= 0.6 is 0 Å². The molecule has 0 N–H and O–H groups in total. The zero-order valence-electron chi connectivity index (χ0n) is 37.6. The van der Waals surface area contributed by atoms with E-state index in [-0.39, 0.29) is 18.2 Å². The largest absolute Gasteiger partial charge is 0.493 e. The molecule has 330 valence electrons. The molecular weight excluding hydrogens is 789 g/mol. The number of hydrogen-bond acceptors (Lipinski definition) is 8. The van der Waals surface area contributed by atoms with Crippen LogP contribution in [-0.4, -0.2) is 68.2 Å². The molecule has 0 atom stereocenters. The van der Waals surface area contributed by atoms with Crippen molar-refractivity contribution in [3.8, 4) is 23.0 Å². The third kappa shape index (κ3) is 12.4. The van der Waals surface area contributed by atoms with Crippen LogP contribution in [0.4, 0.5) is 0 Å². The summed E-state index contributed by atoms with van der Waals surface area (Å²) in [6.45, 7) is 3.32. The lowest BCUT2D eigenvalue weighted by Gasteiger charge is -2.17. The molecule has 5 aromatic rings. The number of amides is 2. The van der Waals surface area contributed by atoms with Crippen LogP contribution in [0.1, 0.15) is 110 Å². The maximum Gasteiger partial charge on any atom is 0.247 e. The van der Waals surface area contributed by atoms with Crippen LogP contribution in [0.2, 0.25) is 0 Å². The molecule has 2 heterocycles. The number of rotatable bonds is 19. The molecule has 0 saturated carbocycles. The molecule has 10 nitrogen and oxygen atoms in total. The lowest BCUT2D eigenvalue weighted by molar-refractivity contribution is -0.131. The minimum Gasteiger partial charge on any atom is -0.493 e. The fourth-order valence-electron chi connectivity index (χ4n) is 7.97. The monoisotopic (exact) mass is 850 g/mol. The van der Waals surface area contributed by atoms with Gasteiger partial charge < -0.3 is 18.9 Å². The van der Waals surface area contributed by atoms with Crippen LogP contribution in [0.5, 0.6) is 23.0 Å². The molecule has 2 amide bonds. The Bertz CT molecular complexity index is 2310. The third-order valence-electron chi connectivity index (χ3n) is 11.4. The van der Waals surface area contributed by atoms with E-state index in [1.54, 1.807) is 38.5 Å². The second-order valence-corrected chi connectivity index (χ2v) is 15.8. The maximum absolute atomic E-state index is 13.1. The Morgan fingerprint density at radius 1 is 0.476 bits per heavy atom. The highest BCUT2D eigenvalue weighted by atomic mass is 16.5. The number of hydrazone groups is 2. The van der Waals surface area contributed by atoms with Crippen LogP contribution < -0.4 is 18.9 Å². The zero-order valence-corrected chi connectivity index (χ0v) is 37.6. The van der Waals surface area contributed by atoms with E-state index in [0.29, 0.717) is 42.5 Å². The number of benzene rings is 5. The van der Waals surface area contributed by atoms with E-state index in [1.807, 2.05) is 115 Å². The van der Waals surface area contributed by atoms with Gasteiger partial charge >= 0.3 is 0 Å². The highest BCUT2D eigenvalue weighted by molar-refractivity contribution is 6.16. The van der Waals surface area contributed by atoms with Crippen LogP contribution in [-0.2, 0) is 29.0 Å². The first-order valence-electron chi connectivity index (χ1n) is 22.3. The molecule has 0 saturated heterocycles. The number of carbonyl (C=O) groups excluding carboxylic acids is 2. The average molecular weight is 851 g/mol. The van der Waals surface area contributed by atoms with E-state index in [4.69, 9.17) is 29.2 Å². The summed E-state index contributed by atoms with van der Waals surface area (Å²) in [6, 6.07) is 37.4. The molecule has 0 radical (unpaired) electrons. The summed E-state index contributed by atoms with van der Waals surface area (Å²) in [6.07, 6.45) is 13.2. The third-order valence-corrected chi connectivity index (χ3v) is 11.4. The molecule has 0 aromatic heterocycles. The number of nitrogens with zero attached hydrogens (tertiary/aromatic N) is 4. The van der Waals surface area contributed by atoms with Gasteiger partial charge in [-0.25, -0.2) is 10.0 Å². The summed E-state index contributed by atoms with van der Waals surface area (Å²) in [7, 11) is 6.44. The quantitative estimate of drug-likeness (QED) is 0.0767. The van der Waals surface area contributed by atoms with Crippen molar-refractivity contribution < 1.29 is 28.5 Å². The minimum absolute atomic E-state index is 0.0234. The van der Waals surface area contributed by atoms with E-state index >= 15 is 0 Å². The zero-order chi connectivity index (χ0) is 44.4. The van der Waals surface area contributed by atoms with Crippen LogP contribution in [0.15, 0.2) is 125 Å². The fourth-order valence-corrected chi connectivity index (χ4v) is 7.97. The van der Waals surface area contributed by atoms with Crippen molar-refractivity contribution in [1.29, 1.82) is 0 Å². The highest BCUT2D eigenvalue weighted by Crippen LogP contribution is 2.35. The second kappa shape index (κ2) is 23.7. The Hall–Kier alpha value is -6.42. The lowest BCUT2D eigenvalue weighted by atomic mass is 9.95. The Morgan fingerprint density at radius 2 is 0.857 bits per heavy atom. The molecule has 0 spiro atoms. The summed E-state index contributed by atoms with van der Waals surface area (Å²) in [4.78, 5) is 26.2. The van der Waals surface area contributed by atoms with Crippen LogP contribution in [0.3, 0.4) is 0 Å². The highest BCUT2D eigenvalue weighted by Gasteiger charge is 2.28. The molecule has 0 bridgehead atoms. The Kier molecular flexibility index (Phi) is 17.3. The smallest absolute Gasteiger partial charge is 0.247 e. The molecule has 0 aliphatic carbocycles. The molecule has 63 heavy (non-hydrogen) atoms. The van der Waals surface area contributed by atoms with E-state index in [9.17, 15) is 9.59 Å². The predicted molar refractivity (Wildman–Crippen MR) is 251 cm³/mol. The molecule has 0 fully saturated rings. The number of carbonyl (C=O) groups is 2. The first kappa shape index (κ1) is 46.1. The van der Waals surface area contributed by atoms with Crippen molar-refractivity contribution in [2.45, 2.75) is 90.5 Å². The Labute approximate surface area is 373 Å². The van der Waals surface area contributed by atoms with Crippen molar-refractivity contribution in [2.75, 3.05) is 35.0 Å². The number of hydrogen-bond donors (Lipinski definition) is 0. The molecular formula is C53H62N4O6. The van der Waals surface area contributed by atoms with Gasteiger partial charge in [0.15, 0.2) is 23.0 Å². The van der Waals surface area contributed by atoms with E-state index < -0.39 is 0 Å². The molecule has 2 aliphatic rings. The van der Waals surface area contributed by atoms with Crippen LogP contribution in [0.25, 0.3) is 0 Å². The molecule has 10 heteroatoms. The number of unbranched alkanes of at least 4 members (excludes halogenated alkanes) is 9. The van der Waals surface area contributed by atoms with Gasteiger partial charge in [0.05, 0.1) is 59.2 Å². The number of methoxy groups -OCH3 is 4. The molecule has 2 aliphatic heterocycles. The second-order valence-electron chi connectivity index (χ2n) is 15.8. The van der Waals surface area contributed by atoms with Gasteiger partial charge in [0, 0.05) is 28.8 Å². The molecule has 5 aromatic carbocycles. The summed E-state index contributed by atoms with van der Waals surface area (Å²) >= 11 is 0. The first-order valence-corrected chi connectivity index (χ1v) is 22.3.